The maximum atomic E-state index is 11.9. The van der Waals surface area contributed by atoms with Crippen LogP contribution >= 0.6 is 0 Å². The number of H-pyrrole nitrogens is 1. The zero-order valence-corrected chi connectivity index (χ0v) is 9.88. The highest BCUT2D eigenvalue weighted by molar-refractivity contribution is 5.93. The number of nitrogens with zero attached hydrogens (tertiary/aromatic N) is 1. The summed E-state index contributed by atoms with van der Waals surface area (Å²) >= 11 is 0. The van der Waals surface area contributed by atoms with Crippen molar-refractivity contribution in [3.63, 3.8) is 0 Å². The van der Waals surface area contributed by atoms with E-state index in [4.69, 9.17) is 0 Å². The molecule has 0 aliphatic carbocycles. The van der Waals surface area contributed by atoms with Crippen LogP contribution in [-0.2, 0) is 0 Å². The summed E-state index contributed by atoms with van der Waals surface area (Å²) in [5.41, 5.74) is 0.597. The molecule has 0 bridgehead atoms. The van der Waals surface area contributed by atoms with Gasteiger partial charge in [-0.25, -0.2) is 0 Å². The Morgan fingerprint density at radius 2 is 2.22 bits per heavy atom. The van der Waals surface area contributed by atoms with E-state index in [9.17, 15) is 9.59 Å². The SMILES string of the molecule is C[C@H](NC(=O)c1ccc[nH]c1=O)c1cccnc1. The average Bonchev–Trinajstić information content (AvgIpc) is 2.40. The molecule has 2 rings (SSSR count). The number of nitrogens with one attached hydrogen (secondary N) is 2. The molecule has 0 unspecified atom stereocenters. The molecule has 92 valence electrons. The lowest BCUT2D eigenvalue weighted by Gasteiger charge is -2.13. The molecule has 0 saturated heterocycles. The minimum atomic E-state index is -0.395. The monoisotopic (exact) mass is 243 g/mol. The predicted octanol–water partition coefficient (Wildman–Crippen LogP) is 1.26. The first-order chi connectivity index (χ1) is 8.68. The topological polar surface area (TPSA) is 74.8 Å². The molecule has 0 fully saturated rings. The molecule has 5 nitrogen and oxygen atoms in total. The summed E-state index contributed by atoms with van der Waals surface area (Å²) in [4.78, 5) is 29.8. The number of carbonyl (C=O) groups excluding carboxylic acids is 1. The normalized spacial score (nSPS) is 11.8. The average molecular weight is 243 g/mol. The standard InChI is InChI=1S/C13H13N3O2/c1-9(10-4-2-6-14-8-10)16-13(18)11-5-3-7-15-12(11)17/h2-9H,1H3,(H,15,17)(H,16,18)/t9-/m0/s1. The summed E-state index contributed by atoms with van der Waals surface area (Å²) in [6.45, 7) is 1.84. The fourth-order valence-corrected chi connectivity index (χ4v) is 1.59. The van der Waals surface area contributed by atoms with E-state index in [0.29, 0.717) is 0 Å². The van der Waals surface area contributed by atoms with Crippen molar-refractivity contribution in [1.29, 1.82) is 0 Å². The number of hydrogen-bond donors (Lipinski definition) is 2. The molecular formula is C13H13N3O2. The molecule has 0 spiro atoms. The van der Waals surface area contributed by atoms with Crippen molar-refractivity contribution in [2.75, 3.05) is 0 Å². The van der Waals surface area contributed by atoms with E-state index in [1.807, 2.05) is 13.0 Å². The highest BCUT2D eigenvalue weighted by atomic mass is 16.2. The van der Waals surface area contributed by atoms with Crippen molar-refractivity contribution in [2.24, 2.45) is 0 Å². The van der Waals surface area contributed by atoms with Crippen LogP contribution in [0.2, 0.25) is 0 Å². The third kappa shape index (κ3) is 2.63. The summed E-state index contributed by atoms with van der Waals surface area (Å²) in [5.74, 6) is -0.395. The minimum Gasteiger partial charge on any atom is -0.345 e. The van der Waals surface area contributed by atoms with Gasteiger partial charge in [0.05, 0.1) is 6.04 Å². The molecule has 2 aromatic heterocycles. The Morgan fingerprint density at radius 3 is 2.89 bits per heavy atom. The van der Waals surface area contributed by atoms with Crippen LogP contribution in [0.25, 0.3) is 0 Å². The van der Waals surface area contributed by atoms with Crippen molar-refractivity contribution < 1.29 is 4.79 Å². The minimum absolute atomic E-state index is 0.105. The van der Waals surface area contributed by atoms with E-state index >= 15 is 0 Å². The summed E-state index contributed by atoms with van der Waals surface area (Å²) in [6.07, 6.45) is 4.84. The number of hydrogen-bond acceptors (Lipinski definition) is 3. The van der Waals surface area contributed by atoms with Crippen molar-refractivity contribution in [2.45, 2.75) is 13.0 Å². The van der Waals surface area contributed by atoms with E-state index in [2.05, 4.69) is 15.3 Å². The molecule has 1 amide bonds. The lowest BCUT2D eigenvalue weighted by atomic mass is 10.1. The van der Waals surface area contributed by atoms with Crippen LogP contribution in [0.1, 0.15) is 28.9 Å². The Morgan fingerprint density at radius 1 is 1.39 bits per heavy atom. The maximum absolute atomic E-state index is 11.9. The molecular weight excluding hydrogens is 230 g/mol. The number of pyridine rings is 2. The lowest BCUT2D eigenvalue weighted by molar-refractivity contribution is 0.0938. The smallest absolute Gasteiger partial charge is 0.260 e. The molecule has 2 heterocycles. The summed E-state index contributed by atoms with van der Waals surface area (Å²) < 4.78 is 0. The fourth-order valence-electron chi connectivity index (χ4n) is 1.59. The Kier molecular flexibility index (Phi) is 3.52. The van der Waals surface area contributed by atoms with Gasteiger partial charge in [0, 0.05) is 18.6 Å². The molecule has 0 radical (unpaired) electrons. The third-order valence-electron chi connectivity index (χ3n) is 2.59. The van der Waals surface area contributed by atoms with Crippen LogP contribution in [0.5, 0.6) is 0 Å². The van der Waals surface area contributed by atoms with Gasteiger partial charge in [0.25, 0.3) is 11.5 Å². The number of rotatable bonds is 3. The molecule has 2 aromatic rings. The van der Waals surface area contributed by atoms with Gasteiger partial charge >= 0.3 is 0 Å². The van der Waals surface area contributed by atoms with E-state index in [0.717, 1.165) is 5.56 Å². The van der Waals surface area contributed by atoms with Gasteiger partial charge in [0.15, 0.2) is 0 Å². The summed E-state index contributed by atoms with van der Waals surface area (Å²) in [6, 6.07) is 6.57. The number of aromatic nitrogens is 2. The van der Waals surface area contributed by atoms with Crippen molar-refractivity contribution in [3.05, 3.63) is 64.3 Å². The Labute approximate surface area is 104 Å². The van der Waals surface area contributed by atoms with Crippen molar-refractivity contribution in [3.8, 4) is 0 Å². The number of carbonyl (C=O) groups is 1. The first-order valence-electron chi connectivity index (χ1n) is 5.57. The van der Waals surface area contributed by atoms with Crippen LogP contribution in [0.15, 0.2) is 47.7 Å². The number of aromatic amines is 1. The van der Waals surface area contributed by atoms with Crippen LogP contribution in [0.4, 0.5) is 0 Å². The van der Waals surface area contributed by atoms with Gasteiger partial charge in [-0.05, 0) is 30.7 Å². The molecule has 0 aliphatic rings. The molecule has 2 N–H and O–H groups in total. The van der Waals surface area contributed by atoms with Crippen LogP contribution in [0.3, 0.4) is 0 Å². The predicted molar refractivity (Wildman–Crippen MR) is 67.2 cm³/mol. The van der Waals surface area contributed by atoms with Crippen LogP contribution in [0, 0.1) is 0 Å². The maximum Gasteiger partial charge on any atom is 0.260 e. The Bertz CT molecular complexity index is 592. The van der Waals surface area contributed by atoms with Crippen molar-refractivity contribution >= 4 is 5.91 Å². The second kappa shape index (κ2) is 5.27. The molecule has 0 aromatic carbocycles. The number of amides is 1. The molecule has 18 heavy (non-hydrogen) atoms. The van der Waals surface area contributed by atoms with E-state index in [1.165, 1.54) is 12.3 Å². The van der Waals surface area contributed by atoms with Gasteiger partial charge < -0.3 is 10.3 Å². The lowest BCUT2D eigenvalue weighted by Crippen LogP contribution is -2.31. The van der Waals surface area contributed by atoms with Gasteiger partial charge in [-0.15, -0.1) is 0 Å². The zero-order valence-electron chi connectivity index (χ0n) is 9.88. The van der Waals surface area contributed by atoms with E-state index < -0.39 is 11.5 Å². The second-order valence-corrected chi connectivity index (χ2v) is 3.89. The van der Waals surface area contributed by atoms with E-state index in [-0.39, 0.29) is 11.6 Å². The van der Waals surface area contributed by atoms with E-state index in [1.54, 1.807) is 24.5 Å². The van der Waals surface area contributed by atoms with Crippen LogP contribution in [-0.4, -0.2) is 15.9 Å². The largest absolute Gasteiger partial charge is 0.345 e. The van der Waals surface area contributed by atoms with Crippen molar-refractivity contribution in [1.82, 2.24) is 15.3 Å². The first-order valence-corrected chi connectivity index (χ1v) is 5.57. The van der Waals surface area contributed by atoms with Gasteiger partial charge in [-0.3, -0.25) is 14.6 Å². The van der Waals surface area contributed by atoms with Gasteiger partial charge in [-0.1, -0.05) is 6.07 Å². The molecule has 1 atom stereocenters. The third-order valence-corrected chi connectivity index (χ3v) is 2.59. The fraction of sp³-hybridized carbons (Fsp3) is 0.154. The van der Waals surface area contributed by atoms with Crippen LogP contribution < -0.4 is 10.9 Å². The Balaban J connectivity index is 2.14. The van der Waals surface area contributed by atoms with Gasteiger partial charge in [0.1, 0.15) is 5.56 Å². The quantitative estimate of drug-likeness (QED) is 0.852. The highest BCUT2D eigenvalue weighted by Crippen LogP contribution is 2.10. The summed E-state index contributed by atoms with van der Waals surface area (Å²) in [5, 5.41) is 2.75. The molecule has 0 saturated carbocycles. The summed E-state index contributed by atoms with van der Waals surface area (Å²) in [7, 11) is 0. The first kappa shape index (κ1) is 12.0. The second-order valence-electron chi connectivity index (χ2n) is 3.89. The highest BCUT2D eigenvalue weighted by Gasteiger charge is 2.13. The zero-order chi connectivity index (χ0) is 13.0. The molecule has 0 aliphatic heterocycles. The molecule has 5 heteroatoms. The van der Waals surface area contributed by atoms with Gasteiger partial charge in [0.2, 0.25) is 0 Å². The Hall–Kier alpha value is -2.43. The van der Waals surface area contributed by atoms with Gasteiger partial charge in [-0.2, -0.15) is 0 Å².